The molecule has 0 saturated carbocycles. The van der Waals surface area contributed by atoms with E-state index >= 15 is 0 Å². The molecule has 0 unspecified atom stereocenters. The van der Waals surface area contributed by atoms with Crippen molar-refractivity contribution in [2.24, 2.45) is 0 Å². The zero-order chi connectivity index (χ0) is 21.3. The van der Waals surface area contributed by atoms with E-state index in [2.05, 4.69) is 25.5 Å². The van der Waals surface area contributed by atoms with Crippen LogP contribution in [0.15, 0.2) is 55.1 Å². The molecule has 0 saturated heterocycles. The number of aromatic nitrogens is 5. The molecule has 0 radical (unpaired) electrons. The SMILES string of the molecule is O=C(NCc1cnc(C(F)(F)F)nc1)c1cc(-c2ccc(F)cc2)n2cnnc2c1. The number of halogens is 4. The lowest BCUT2D eigenvalue weighted by molar-refractivity contribution is -0.145. The Labute approximate surface area is 166 Å². The second kappa shape index (κ2) is 7.50. The number of benzene rings is 1. The zero-order valence-electron chi connectivity index (χ0n) is 15.1. The van der Waals surface area contributed by atoms with Crippen molar-refractivity contribution in [3.8, 4) is 11.3 Å². The van der Waals surface area contributed by atoms with Gasteiger partial charge in [-0.15, -0.1) is 10.2 Å². The van der Waals surface area contributed by atoms with Crippen LogP contribution in [0.1, 0.15) is 21.7 Å². The van der Waals surface area contributed by atoms with Gasteiger partial charge in [0.2, 0.25) is 5.82 Å². The number of pyridine rings is 1. The molecule has 1 aromatic carbocycles. The quantitative estimate of drug-likeness (QED) is 0.516. The largest absolute Gasteiger partial charge is 0.451 e. The second-order valence-corrected chi connectivity index (χ2v) is 6.29. The van der Waals surface area contributed by atoms with Crippen molar-refractivity contribution in [1.29, 1.82) is 0 Å². The van der Waals surface area contributed by atoms with Gasteiger partial charge in [-0.2, -0.15) is 13.2 Å². The predicted octanol–water partition coefficient (Wildman–Crippen LogP) is 3.27. The maximum absolute atomic E-state index is 13.2. The fourth-order valence-corrected chi connectivity index (χ4v) is 2.78. The van der Waals surface area contributed by atoms with E-state index in [0.717, 1.165) is 12.4 Å². The van der Waals surface area contributed by atoms with Gasteiger partial charge in [-0.25, -0.2) is 14.4 Å². The van der Waals surface area contributed by atoms with Crippen molar-refractivity contribution in [2.75, 3.05) is 0 Å². The van der Waals surface area contributed by atoms with Gasteiger partial charge in [0, 0.05) is 30.1 Å². The van der Waals surface area contributed by atoms with Gasteiger partial charge in [0.25, 0.3) is 5.91 Å². The lowest BCUT2D eigenvalue weighted by atomic mass is 10.1. The molecule has 1 amide bonds. The number of fused-ring (bicyclic) bond motifs is 1. The van der Waals surface area contributed by atoms with Gasteiger partial charge in [-0.05, 0) is 42.0 Å². The number of carbonyl (C=O) groups excluding carboxylic acids is 1. The van der Waals surface area contributed by atoms with Crippen LogP contribution in [0.3, 0.4) is 0 Å². The van der Waals surface area contributed by atoms with Crippen molar-refractivity contribution in [3.05, 3.63) is 77.9 Å². The molecule has 152 valence electrons. The Hall–Kier alpha value is -3.89. The molecule has 0 atom stereocenters. The molecule has 3 aromatic heterocycles. The summed E-state index contributed by atoms with van der Waals surface area (Å²) in [7, 11) is 0. The molecular weight excluding hydrogens is 404 g/mol. The Morgan fingerprint density at radius 1 is 1.07 bits per heavy atom. The minimum Gasteiger partial charge on any atom is -0.348 e. The summed E-state index contributed by atoms with van der Waals surface area (Å²) in [5, 5.41) is 10.4. The first-order valence-corrected chi connectivity index (χ1v) is 8.57. The summed E-state index contributed by atoms with van der Waals surface area (Å²) in [5.41, 5.74) is 2.17. The van der Waals surface area contributed by atoms with Crippen molar-refractivity contribution in [3.63, 3.8) is 0 Å². The van der Waals surface area contributed by atoms with Crippen LogP contribution in [0.5, 0.6) is 0 Å². The van der Waals surface area contributed by atoms with Crippen LogP contribution in [0.2, 0.25) is 0 Å². The third-order valence-corrected chi connectivity index (χ3v) is 4.22. The highest BCUT2D eigenvalue weighted by Gasteiger charge is 2.34. The molecule has 0 aliphatic rings. The Bertz CT molecular complexity index is 1200. The monoisotopic (exact) mass is 416 g/mol. The molecule has 30 heavy (non-hydrogen) atoms. The number of rotatable bonds is 4. The van der Waals surface area contributed by atoms with Gasteiger partial charge in [-0.1, -0.05) is 0 Å². The molecule has 0 bridgehead atoms. The van der Waals surface area contributed by atoms with E-state index in [1.165, 1.54) is 24.5 Å². The number of carbonyl (C=O) groups is 1. The van der Waals surface area contributed by atoms with Gasteiger partial charge in [0.15, 0.2) is 5.65 Å². The molecule has 3 heterocycles. The highest BCUT2D eigenvalue weighted by molar-refractivity contribution is 5.96. The Kier molecular flexibility index (Phi) is 4.86. The molecule has 4 rings (SSSR count). The summed E-state index contributed by atoms with van der Waals surface area (Å²) >= 11 is 0. The Morgan fingerprint density at radius 3 is 2.43 bits per heavy atom. The smallest absolute Gasteiger partial charge is 0.348 e. The Balaban J connectivity index is 1.57. The minimum absolute atomic E-state index is 0.0687. The van der Waals surface area contributed by atoms with E-state index in [4.69, 9.17) is 0 Å². The number of hydrogen-bond acceptors (Lipinski definition) is 5. The van der Waals surface area contributed by atoms with E-state index in [9.17, 15) is 22.4 Å². The maximum atomic E-state index is 13.2. The maximum Gasteiger partial charge on any atom is 0.451 e. The summed E-state index contributed by atoms with van der Waals surface area (Å²) in [4.78, 5) is 19.1. The van der Waals surface area contributed by atoms with Gasteiger partial charge in [-0.3, -0.25) is 9.20 Å². The summed E-state index contributed by atoms with van der Waals surface area (Å²) in [6.07, 6.45) is -1.16. The third-order valence-electron chi connectivity index (χ3n) is 4.22. The van der Waals surface area contributed by atoms with Gasteiger partial charge in [0.1, 0.15) is 12.1 Å². The molecular formula is C19H12F4N6O. The molecule has 1 N–H and O–H groups in total. The molecule has 0 aliphatic carbocycles. The van der Waals surface area contributed by atoms with Crippen LogP contribution in [0.25, 0.3) is 16.9 Å². The first kappa shape index (κ1) is 19.4. The molecule has 4 aromatic rings. The second-order valence-electron chi connectivity index (χ2n) is 6.29. The summed E-state index contributed by atoms with van der Waals surface area (Å²) in [5.74, 6) is -2.13. The molecule has 0 aliphatic heterocycles. The highest BCUT2D eigenvalue weighted by Crippen LogP contribution is 2.25. The van der Waals surface area contributed by atoms with E-state index in [0.29, 0.717) is 22.5 Å². The highest BCUT2D eigenvalue weighted by atomic mass is 19.4. The predicted molar refractivity (Wildman–Crippen MR) is 96.6 cm³/mol. The number of nitrogens with zero attached hydrogens (tertiary/aromatic N) is 5. The number of hydrogen-bond donors (Lipinski definition) is 1. The van der Waals surface area contributed by atoms with Gasteiger partial charge in [0.05, 0.1) is 5.69 Å². The zero-order valence-corrected chi connectivity index (χ0v) is 15.1. The van der Waals surface area contributed by atoms with E-state index in [1.807, 2.05) is 0 Å². The first-order chi connectivity index (χ1) is 14.3. The van der Waals surface area contributed by atoms with Crippen molar-refractivity contribution in [1.82, 2.24) is 29.9 Å². The van der Waals surface area contributed by atoms with Gasteiger partial charge < -0.3 is 5.32 Å². The number of amides is 1. The average Bonchev–Trinajstić information content (AvgIpc) is 3.20. The van der Waals surface area contributed by atoms with Crippen LogP contribution >= 0.6 is 0 Å². The first-order valence-electron chi connectivity index (χ1n) is 8.57. The van der Waals surface area contributed by atoms with E-state index in [-0.39, 0.29) is 12.1 Å². The van der Waals surface area contributed by atoms with Crippen LogP contribution < -0.4 is 5.32 Å². The lowest BCUT2D eigenvalue weighted by Crippen LogP contribution is -2.23. The van der Waals surface area contributed by atoms with Crippen molar-refractivity contribution < 1.29 is 22.4 Å². The fraction of sp³-hybridized carbons (Fsp3) is 0.105. The lowest BCUT2D eigenvalue weighted by Gasteiger charge is -2.10. The summed E-state index contributed by atoms with van der Waals surface area (Å²) in [6.45, 7) is -0.0687. The van der Waals surface area contributed by atoms with E-state index in [1.54, 1.807) is 22.6 Å². The van der Waals surface area contributed by atoms with Crippen LogP contribution in [0, 0.1) is 5.82 Å². The van der Waals surface area contributed by atoms with Crippen molar-refractivity contribution in [2.45, 2.75) is 12.7 Å². The Morgan fingerprint density at radius 2 is 1.77 bits per heavy atom. The summed E-state index contributed by atoms with van der Waals surface area (Å²) < 4.78 is 52.5. The third kappa shape index (κ3) is 3.95. The standard InChI is InChI=1S/C19H12F4N6O/c20-14-3-1-12(2-4-14)15-5-13(6-16-28-27-10-29(15)16)17(30)24-7-11-8-25-18(26-9-11)19(21,22)23/h1-6,8-10H,7H2,(H,24,30). The molecule has 0 spiro atoms. The fourth-order valence-electron chi connectivity index (χ4n) is 2.78. The molecule has 11 heteroatoms. The summed E-state index contributed by atoms with van der Waals surface area (Å²) in [6, 6.07) is 8.81. The number of nitrogens with one attached hydrogen (secondary N) is 1. The van der Waals surface area contributed by atoms with Gasteiger partial charge >= 0.3 is 6.18 Å². The normalized spacial score (nSPS) is 11.6. The van der Waals surface area contributed by atoms with Crippen LogP contribution in [-0.2, 0) is 12.7 Å². The van der Waals surface area contributed by atoms with Crippen molar-refractivity contribution >= 4 is 11.6 Å². The number of alkyl halides is 3. The van der Waals surface area contributed by atoms with Crippen LogP contribution in [-0.4, -0.2) is 30.5 Å². The minimum atomic E-state index is -4.63. The molecule has 0 fully saturated rings. The topological polar surface area (TPSA) is 85.1 Å². The average molecular weight is 416 g/mol. The van der Waals surface area contributed by atoms with Crippen LogP contribution in [0.4, 0.5) is 17.6 Å². The van der Waals surface area contributed by atoms with E-state index < -0.39 is 23.7 Å². The molecule has 7 nitrogen and oxygen atoms in total.